The molecule has 0 rings (SSSR count). The largest absolute Gasteiger partial charge is 0.322 e. The van der Waals surface area contributed by atoms with Gasteiger partial charge in [-0.25, -0.2) is 5.43 Å². The zero-order valence-electron chi connectivity index (χ0n) is 4.98. The molecule has 0 aliphatic heterocycles. The normalized spacial score (nSPS) is 8.00. The zero-order valence-corrected chi connectivity index (χ0v) is 4.98. The number of amides is 1. The second kappa shape index (κ2) is 5.09. The van der Waals surface area contributed by atoms with Gasteiger partial charge in [-0.1, -0.05) is 5.92 Å². The molecule has 0 aliphatic rings. The van der Waals surface area contributed by atoms with Gasteiger partial charge in [0.05, 0.1) is 13.1 Å². The molecule has 0 aromatic rings. The van der Waals surface area contributed by atoms with Crippen molar-refractivity contribution in [2.45, 2.75) is 0 Å². The molecule has 9 heavy (non-hydrogen) atoms. The van der Waals surface area contributed by atoms with Crippen LogP contribution < -0.4 is 16.6 Å². The summed E-state index contributed by atoms with van der Waals surface area (Å²) >= 11 is 0. The maximum absolute atomic E-state index is 10.3. The Kier molecular flexibility index (Phi) is 4.50. The lowest BCUT2D eigenvalue weighted by molar-refractivity contribution is -0.120. The molecule has 0 radical (unpaired) electrons. The molecule has 1 amide bonds. The van der Waals surface area contributed by atoms with Gasteiger partial charge in [0.1, 0.15) is 0 Å². The Bertz CT molecular complexity index is 127. The fourth-order valence-corrected chi connectivity index (χ4v) is 0.245. The van der Waals surface area contributed by atoms with Gasteiger partial charge >= 0.3 is 0 Å². The van der Waals surface area contributed by atoms with E-state index in [9.17, 15) is 4.79 Å². The standard InChI is InChI=1S/C5H9N3O/c1-2-3-7-8-5(9)4-6/h1,7H,3-4,6H2,(H,8,9). The van der Waals surface area contributed by atoms with Crippen LogP contribution in [0.4, 0.5) is 0 Å². The monoisotopic (exact) mass is 127 g/mol. The predicted octanol–water partition coefficient (Wildman–Crippen LogP) is -1.80. The molecule has 0 aliphatic carbocycles. The third kappa shape index (κ3) is 4.81. The van der Waals surface area contributed by atoms with Crippen molar-refractivity contribution in [2.75, 3.05) is 13.1 Å². The van der Waals surface area contributed by atoms with Crippen LogP contribution in [-0.2, 0) is 4.79 Å². The van der Waals surface area contributed by atoms with Gasteiger partial charge in [0.15, 0.2) is 0 Å². The molecule has 4 N–H and O–H groups in total. The minimum atomic E-state index is -0.273. The van der Waals surface area contributed by atoms with Gasteiger partial charge < -0.3 is 5.73 Å². The molecule has 0 fully saturated rings. The fourth-order valence-electron chi connectivity index (χ4n) is 0.245. The Labute approximate surface area is 53.8 Å². The van der Waals surface area contributed by atoms with Crippen molar-refractivity contribution in [1.82, 2.24) is 10.9 Å². The van der Waals surface area contributed by atoms with Crippen LogP contribution in [-0.4, -0.2) is 19.0 Å². The fraction of sp³-hybridized carbons (Fsp3) is 0.400. The summed E-state index contributed by atoms with van der Waals surface area (Å²) in [5, 5.41) is 0. The average molecular weight is 127 g/mol. The molecule has 0 saturated heterocycles. The third-order valence-electron chi connectivity index (χ3n) is 0.604. The number of hydrogen-bond acceptors (Lipinski definition) is 3. The molecule has 0 aromatic carbocycles. The second-order valence-electron chi connectivity index (χ2n) is 1.31. The van der Waals surface area contributed by atoms with E-state index in [1.807, 2.05) is 0 Å². The summed E-state index contributed by atoms with van der Waals surface area (Å²) in [7, 11) is 0. The highest BCUT2D eigenvalue weighted by Gasteiger charge is 1.90. The zero-order chi connectivity index (χ0) is 7.11. The van der Waals surface area contributed by atoms with Gasteiger partial charge in [0.25, 0.3) is 0 Å². The lowest BCUT2D eigenvalue weighted by Crippen LogP contribution is -2.41. The van der Waals surface area contributed by atoms with E-state index in [1.54, 1.807) is 0 Å². The molecule has 0 unspecified atom stereocenters. The quantitative estimate of drug-likeness (QED) is 0.238. The Balaban J connectivity index is 3.09. The lowest BCUT2D eigenvalue weighted by Gasteiger charge is -1.99. The molecule has 0 atom stereocenters. The molecule has 4 heteroatoms. The van der Waals surface area contributed by atoms with Gasteiger partial charge in [-0.3, -0.25) is 10.2 Å². The number of carbonyl (C=O) groups is 1. The Morgan fingerprint density at radius 3 is 2.89 bits per heavy atom. The Morgan fingerprint density at radius 1 is 1.78 bits per heavy atom. The van der Waals surface area contributed by atoms with Crippen LogP contribution in [0, 0.1) is 12.3 Å². The first-order valence-corrected chi connectivity index (χ1v) is 2.46. The SMILES string of the molecule is C#CCNNC(=O)CN. The van der Waals surface area contributed by atoms with Gasteiger partial charge in [-0.15, -0.1) is 6.42 Å². The number of nitrogens with two attached hydrogens (primary N) is 1. The smallest absolute Gasteiger partial charge is 0.247 e. The molecule has 0 aromatic heterocycles. The van der Waals surface area contributed by atoms with Crippen molar-refractivity contribution in [3.63, 3.8) is 0 Å². The molecular weight excluding hydrogens is 118 g/mol. The van der Waals surface area contributed by atoms with Crippen molar-refractivity contribution in [1.29, 1.82) is 0 Å². The van der Waals surface area contributed by atoms with Gasteiger partial charge in [-0.05, 0) is 0 Å². The Morgan fingerprint density at radius 2 is 2.44 bits per heavy atom. The van der Waals surface area contributed by atoms with E-state index in [0.717, 1.165) is 0 Å². The molecule has 4 nitrogen and oxygen atoms in total. The van der Waals surface area contributed by atoms with Crippen molar-refractivity contribution < 1.29 is 4.79 Å². The highest BCUT2D eigenvalue weighted by molar-refractivity contribution is 5.77. The predicted molar refractivity (Wildman–Crippen MR) is 34.0 cm³/mol. The third-order valence-corrected chi connectivity index (χ3v) is 0.604. The summed E-state index contributed by atoms with van der Waals surface area (Å²) in [4.78, 5) is 10.3. The maximum Gasteiger partial charge on any atom is 0.247 e. The lowest BCUT2D eigenvalue weighted by atomic mass is 10.6. The van der Waals surface area contributed by atoms with E-state index < -0.39 is 0 Å². The van der Waals surface area contributed by atoms with Crippen LogP contribution in [0.5, 0.6) is 0 Å². The van der Waals surface area contributed by atoms with Gasteiger partial charge in [0, 0.05) is 0 Å². The number of hydrazine groups is 1. The first-order chi connectivity index (χ1) is 4.31. The molecule has 0 bridgehead atoms. The number of terminal acetylenes is 1. The highest BCUT2D eigenvalue weighted by atomic mass is 16.2. The summed E-state index contributed by atoms with van der Waals surface area (Å²) in [6, 6.07) is 0. The molecule has 0 spiro atoms. The van der Waals surface area contributed by atoms with Crippen molar-refractivity contribution in [3.8, 4) is 12.3 Å². The first-order valence-electron chi connectivity index (χ1n) is 2.46. The van der Waals surface area contributed by atoms with Gasteiger partial charge in [-0.2, -0.15) is 0 Å². The summed E-state index contributed by atoms with van der Waals surface area (Å²) in [5.41, 5.74) is 9.70. The van der Waals surface area contributed by atoms with Crippen LogP contribution in [0.2, 0.25) is 0 Å². The summed E-state index contributed by atoms with van der Waals surface area (Å²) in [6.45, 7) is 0.281. The highest BCUT2D eigenvalue weighted by Crippen LogP contribution is 1.52. The van der Waals surface area contributed by atoms with Crippen LogP contribution in [0.3, 0.4) is 0 Å². The second-order valence-corrected chi connectivity index (χ2v) is 1.31. The maximum atomic E-state index is 10.3. The van der Waals surface area contributed by atoms with E-state index in [1.165, 1.54) is 0 Å². The van der Waals surface area contributed by atoms with Crippen molar-refractivity contribution in [3.05, 3.63) is 0 Å². The van der Waals surface area contributed by atoms with Crippen molar-refractivity contribution >= 4 is 5.91 Å². The molecule has 50 valence electrons. The average Bonchev–Trinajstić information content (AvgIpc) is 1.89. The van der Waals surface area contributed by atoms with E-state index in [4.69, 9.17) is 12.2 Å². The number of rotatable bonds is 3. The van der Waals surface area contributed by atoms with Crippen LogP contribution in [0.1, 0.15) is 0 Å². The van der Waals surface area contributed by atoms with Crippen LogP contribution >= 0.6 is 0 Å². The van der Waals surface area contributed by atoms with Crippen LogP contribution in [0.25, 0.3) is 0 Å². The minimum Gasteiger partial charge on any atom is -0.322 e. The molecular formula is C5H9N3O. The topological polar surface area (TPSA) is 67.1 Å². The van der Waals surface area contributed by atoms with E-state index in [2.05, 4.69) is 16.8 Å². The summed E-state index contributed by atoms with van der Waals surface area (Å²) in [5.74, 6) is 2.01. The number of nitrogens with one attached hydrogen (secondary N) is 2. The summed E-state index contributed by atoms with van der Waals surface area (Å²) < 4.78 is 0. The molecule has 0 heterocycles. The summed E-state index contributed by atoms with van der Waals surface area (Å²) in [6.07, 6.45) is 4.86. The van der Waals surface area contributed by atoms with Gasteiger partial charge in [0.2, 0.25) is 5.91 Å². The number of hydrogen-bond donors (Lipinski definition) is 3. The first kappa shape index (κ1) is 7.95. The van der Waals surface area contributed by atoms with Crippen LogP contribution in [0.15, 0.2) is 0 Å². The van der Waals surface area contributed by atoms with E-state index in [-0.39, 0.29) is 12.5 Å². The minimum absolute atomic E-state index is 0.0302. The Hall–Kier alpha value is -1.05. The number of carbonyl (C=O) groups excluding carboxylic acids is 1. The van der Waals surface area contributed by atoms with E-state index >= 15 is 0 Å². The molecule has 0 saturated carbocycles. The van der Waals surface area contributed by atoms with Crippen molar-refractivity contribution in [2.24, 2.45) is 5.73 Å². The van der Waals surface area contributed by atoms with E-state index in [0.29, 0.717) is 6.54 Å².